The van der Waals surface area contributed by atoms with Crippen LogP contribution in [0.3, 0.4) is 0 Å². The summed E-state index contributed by atoms with van der Waals surface area (Å²) in [5, 5.41) is 2.02. The number of methoxy groups -OCH3 is 1. The summed E-state index contributed by atoms with van der Waals surface area (Å²) in [5.74, 6) is -0.171. The van der Waals surface area contributed by atoms with Crippen LogP contribution in [-0.4, -0.2) is 18.9 Å². The molecule has 2 heterocycles. The molecule has 0 saturated heterocycles. The monoisotopic (exact) mass is 294 g/mol. The molecule has 0 bridgehead atoms. The lowest BCUT2D eigenvalue weighted by atomic mass is 10.1. The molecule has 0 saturated carbocycles. The highest BCUT2D eigenvalue weighted by molar-refractivity contribution is 7.22. The summed E-state index contributed by atoms with van der Waals surface area (Å²) < 4.78 is 4.54. The van der Waals surface area contributed by atoms with Gasteiger partial charge in [0.2, 0.25) is 0 Å². The van der Waals surface area contributed by atoms with Crippen molar-refractivity contribution in [2.45, 2.75) is 19.3 Å². The average molecular weight is 294 g/mol. The second kappa shape index (κ2) is 6.63. The molecule has 0 aromatic carbocycles. The molecule has 0 aliphatic rings. The maximum atomic E-state index is 12.0. The Balaban J connectivity index is 1.91. The Hall–Kier alpha value is -1.46. The zero-order valence-corrected chi connectivity index (χ0v) is 12.2. The molecule has 0 aliphatic carbocycles. The lowest BCUT2D eigenvalue weighted by molar-refractivity contribution is -0.140. The van der Waals surface area contributed by atoms with E-state index in [1.165, 1.54) is 23.3 Å². The van der Waals surface area contributed by atoms with E-state index in [0.29, 0.717) is 19.3 Å². The lowest BCUT2D eigenvalue weighted by Crippen LogP contribution is -2.02. The van der Waals surface area contributed by atoms with Crippen LogP contribution in [-0.2, 0) is 9.53 Å². The summed E-state index contributed by atoms with van der Waals surface area (Å²) in [4.78, 5) is 26.0. The summed E-state index contributed by atoms with van der Waals surface area (Å²) in [5.41, 5.74) is 0. The third-order valence-corrected chi connectivity index (χ3v) is 4.85. The lowest BCUT2D eigenvalue weighted by Gasteiger charge is -1.98. The molecule has 3 nitrogen and oxygen atoms in total. The predicted molar refractivity (Wildman–Crippen MR) is 77.8 cm³/mol. The van der Waals surface area contributed by atoms with E-state index in [4.69, 9.17) is 0 Å². The van der Waals surface area contributed by atoms with E-state index in [2.05, 4.69) is 4.74 Å². The van der Waals surface area contributed by atoms with Crippen molar-refractivity contribution >= 4 is 34.4 Å². The van der Waals surface area contributed by atoms with Gasteiger partial charge in [-0.05, 0) is 30.0 Å². The van der Waals surface area contributed by atoms with Gasteiger partial charge in [0.25, 0.3) is 0 Å². The molecular weight excluding hydrogens is 280 g/mol. The number of ether oxygens (including phenoxy) is 1. The standard InChI is InChI=1S/C14H14O3S2/c1-17-14(16)6-2-4-10(15)11-7-8-13(19-11)12-5-3-9-18-12/h3,5,7-9H,2,4,6H2,1H3. The number of thiophene rings is 2. The molecule has 0 fully saturated rings. The number of rotatable bonds is 6. The minimum atomic E-state index is -0.266. The van der Waals surface area contributed by atoms with E-state index in [1.807, 2.05) is 29.6 Å². The maximum absolute atomic E-state index is 12.0. The SMILES string of the molecule is COC(=O)CCCC(=O)c1ccc(-c2cccs2)s1. The number of carbonyl (C=O) groups is 2. The quantitative estimate of drug-likeness (QED) is 0.597. The fourth-order valence-electron chi connectivity index (χ4n) is 1.66. The van der Waals surface area contributed by atoms with Gasteiger partial charge in [0.1, 0.15) is 0 Å². The molecule has 0 N–H and O–H groups in total. The van der Waals surface area contributed by atoms with Gasteiger partial charge in [-0.25, -0.2) is 0 Å². The molecule has 100 valence electrons. The van der Waals surface area contributed by atoms with Gasteiger partial charge in [0, 0.05) is 22.6 Å². The van der Waals surface area contributed by atoms with E-state index in [0.717, 1.165) is 9.75 Å². The van der Waals surface area contributed by atoms with Crippen LogP contribution in [0.25, 0.3) is 9.75 Å². The smallest absolute Gasteiger partial charge is 0.305 e. The number of hydrogen-bond donors (Lipinski definition) is 0. The van der Waals surface area contributed by atoms with Crippen molar-refractivity contribution in [2.24, 2.45) is 0 Å². The van der Waals surface area contributed by atoms with Crippen LogP contribution < -0.4 is 0 Å². The van der Waals surface area contributed by atoms with E-state index < -0.39 is 0 Å². The van der Waals surface area contributed by atoms with Crippen molar-refractivity contribution < 1.29 is 14.3 Å². The molecule has 2 rings (SSSR count). The zero-order chi connectivity index (χ0) is 13.7. The molecular formula is C14H14O3S2. The Morgan fingerprint density at radius 3 is 2.68 bits per heavy atom. The Labute approximate surface area is 119 Å². The summed E-state index contributed by atoms with van der Waals surface area (Å²) in [6, 6.07) is 7.88. The average Bonchev–Trinajstić information content (AvgIpc) is 3.08. The first-order chi connectivity index (χ1) is 9.20. The minimum absolute atomic E-state index is 0.0942. The summed E-state index contributed by atoms with van der Waals surface area (Å²) >= 11 is 3.17. The van der Waals surface area contributed by atoms with Gasteiger partial charge in [0.05, 0.1) is 12.0 Å². The molecule has 5 heteroatoms. The largest absolute Gasteiger partial charge is 0.469 e. The van der Waals surface area contributed by atoms with Crippen LogP contribution >= 0.6 is 22.7 Å². The van der Waals surface area contributed by atoms with Crippen molar-refractivity contribution in [1.82, 2.24) is 0 Å². The molecule has 0 spiro atoms. The number of hydrogen-bond acceptors (Lipinski definition) is 5. The van der Waals surface area contributed by atoms with Crippen molar-refractivity contribution in [3.05, 3.63) is 34.5 Å². The Morgan fingerprint density at radius 1 is 1.16 bits per heavy atom. The van der Waals surface area contributed by atoms with Crippen LogP contribution in [0.2, 0.25) is 0 Å². The van der Waals surface area contributed by atoms with Crippen LogP contribution in [0.15, 0.2) is 29.6 Å². The first-order valence-electron chi connectivity index (χ1n) is 5.94. The number of carbonyl (C=O) groups excluding carboxylic acids is 2. The topological polar surface area (TPSA) is 43.4 Å². The van der Waals surface area contributed by atoms with Gasteiger partial charge in [-0.1, -0.05) is 6.07 Å². The minimum Gasteiger partial charge on any atom is -0.469 e. The highest BCUT2D eigenvalue weighted by Crippen LogP contribution is 2.32. The number of ketones is 1. The summed E-state index contributed by atoms with van der Waals surface area (Å²) in [6.07, 6.45) is 1.22. The third-order valence-electron chi connectivity index (χ3n) is 2.66. The fraction of sp³-hybridized carbons (Fsp3) is 0.286. The molecule has 19 heavy (non-hydrogen) atoms. The molecule has 0 atom stereocenters. The highest BCUT2D eigenvalue weighted by Gasteiger charge is 2.11. The molecule has 0 aliphatic heterocycles. The van der Waals surface area contributed by atoms with E-state index >= 15 is 0 Å². The summed E-state index contributed by atoms with van der Waals surface area (Å²) in [6.45, 7) is 0. The van der Waals surface area contributed by atoms with Crippen LogP contribution in [0.1, 0.15) is 28.9 Å². The van der Waals surface area contributed by atoms with Gasteiger partial charge < -0.3 is 4.74 Å². The molecule has 0 amide bonds. The zero-order valence-electron chi connectivity index (χ0n) is 10.5. The van der Waals surface area contributed by atoms with E-state index in [-0.39, 0.29) is 11.8 Å². The normalized spacial score (nSPS) is 10.4. The van der Waals surface area contributed by atoms with Crippen LogP contribution in [0.4, 0.5) is 0 Å². The van der Waals surface area contributed by atoms with Crippen molar-refractivity contribution in [2.75, 3.05) is 7.11 Å². The Bertz CT molecular complexity index is 555. The first kappa shape index (κ1) is 14.0. The molecule has 0 radical (unpaired) electrons. The predicted octanol–water partition coefficient (Wildman–Crippen LogP) is 4.00. The number of Topliss-reactive ketones (excluding diaryl/α,β-unsaturated/α-hetero) is 1. The molecule has 2 aromatic heterocycles. The second-order valence-corrected chi connectivity index (χ2v) is 6.03. The van der Waals surface area contributed by atoms with Gasteiger partial charge >= 0.3 is 5.97 Å². The van der Waals surface area contributed by atoms with Crippen LogP contribution in [0, 0.1) is 0 Å². The van der Waals surface area contributed by atoms with Crippen LogP contribution in [0.5, 0.6) is 0 Å². The fourth-order valence-corrected chi connectivity index (χ4v) is 3.47. The maximum Gasteiger partial charge on any atom is 0.305 e. The van der Waals surface area contributed by atoms with Gasteiger partial charge in [-0.15, -0.1) is 22.7 Å². The number of esters is 1. The Kier molecular flexibility index (Phi) is 4.87. The van der Waals surface area contributed by atoms with Crippen molar-refractivity contribution in [3.8, 4) is 9.75 Å². The molecule has 0 unspecified atom stereocenters. The Morgan fingerprint density at radius 2 is 2.00 bits per heavy atom. The first-order valence-corrected chi connectivity index (χ1v) is 7.64. The second-order valence-electron chi connectivity index (χ2n) is 3.99. The van der Waals surface area contributed by atoms with Gasteiger partial charge in [0.15, 0.2) is 5.78 Å². The summed E-state index contributed by atoms with van der Waals surface area (Å²) in [7, 11) is 1.36. The van der Waals surface area contributed by atoms with E-state index in [1.54, 1.807) is 11.3 Å². The molecule has 2 aromatic rings. The van der Waals surface area contributed by atoms with Gasteiger partial charge in [-0.2, -0.15) is 0 Å². The van der Waals surface area contributed by atoms with E-state index in [9.17, 15) is 9.59 Å². The van der Waals surface area contributed by atoms with Crippen molar-refractivity contribution in [1.29, 1.82) is 0 Å². The highest BCUT2D eigenvalue weighted by atomic mass is 32.1. The van der Waals surface area contributed by atoms with Gasteiger partial charge in [-0.3, -0.25) is 9.59 Å². The third kappa shape index (κ3) is 3.75. The van der Waals surface area contributed by atoms with Crippen molar-refractivity contribution in [3.63, 3.8) is 0 Å².